The number of pyridine rings is 1. The quantitative estimate of drug-likeness (QED) is 0.802. The third kappa shape index (κ3) is 2.39. The average molecular weight is 266 g/mol. The van der Waals surface area contributed by atoms with Gasteiger partial charge in [-0.25, -0.2) is 0 Å². The third-order valence-electron chi connectivity index (χ3n) is 3.27. The molecule has 1 heterocycles. The number of nitriles is 1. The first kappa shape index (κ1) is 13.8. The molecule has 0 saturated heterocycles. The highest BCUT2D eigenvalue weighted by molar-refractivity contribution is 5.98. The number of nitrogens with zero attached hydrogens (tertiary/aromatic N) is 2. The molecule has 4 nitrogen and oxygen atoms in total. The number of aromatic nitrogens is 1. The molecule has 1 aromatic carbocycles. The fourth-order valence-electron chi connectivity index (χ4n) is 2.17. The molecule has 0 radical (unpaired) electrons. The molecule has 1 aromatic heterocycles. The maximum Gasteiger partial charge on any atom is 0.269 e. The van der Waals surface area contributed by atoms with Crippen LogP contribution in [-0.4, -0.2) is 10.4 Å². The maximum atomic E-state index is 12.4. The van der Waals surface area contributed by atoms with E-state index in [1.54, 1.807) is 44.2 Å². The molecule has 0 saturated carbocycles. The summed E-state index contributed by atoms with van der Waals surface area (Å²) < 4.78 is 1.37. The van der Waals surface area contributed by atoms with Crippen LogP contribution in [0.1, 0.15) is 34.6 Å². The van der Waals surface area contributed by atoms with Crippen molar-refractivity contribution in [3.05, 3.63) is 69.6 Å². The van der Waals surface area contributed by atoms with E-state index in [1.165, 1.54) is 10.6 Å². The van der Waals surface area contributed by atoms with Crippen LogP contribution < -0.4 is 5.56 Å². The number of carbonyl (C=O) groups excluding carboxylic acids is 1. The molecular formula is C16H14N2O2. The van der Waals surface area contributed by atoms with Crippen LogP contribution in [0.4, 0.5) is 0 Å². The molecule has 0 aliphatic rings. The highest BCUT2D eigenvalue weighted by Crippen LogP contribution is 2.14. The lowest BCUT2D eigenvalue weighted by atomic mass is 10.0. The lowest BCUT2D eigenvalue weighted by Gasteiger charge is -2.17. The van der Waals surface area contributed by atoms with Crippen molar-refractivity contribution in [2.75, 3.05) is 0 Å². The Morgan fingerprint density at radius 2 is 1.85 bits per heavy atom. The van der Waals surface area contributed by atoms with Gasteiger partial charge in [-0.05, 0) is 26.0 Å². The summed E-state index contributed by atoms with van der Waals surface area (Å²) in [6.45, 7) is 3.42. The van der Waals surface area contributed by atoms with Crippen molar-refractivity contribution in [2.24, 2.45) is 0 Å². The molecule has 0 aliphatic carbocycles. The zero-order chi connectivity index (χ0) is 14.7. The van der Waals surface area contributed by atoms with Crippen LogP contribution >= 0.6 is 0 Å². The summed E-state index contributed by atoms with van der Waals surface area (Å²) in [4.78, 5) is 24.6. The van der Waals surface area contributed by atoms with E-state index in [4.69, 9.17) is 5.26 Å². The molecule has 2 aromatic rings. The molecule has 0 fully saturated rings. The van der Waals surface area contributed by atoms with Crippen LogP contribution in [0.15, 0.2) is 47.3 Å². The first-order valence-electron chi connectivity index (χ1n) is 6.27. The fraction of sp³-hybridized carbons (Fsp3) is 0.188. The van der Waals surface area contributed by atoms with Crippen molar-refractivity contribution in [2.45, 2.75) is 19.9 Å². The summed E-state index contributed by atoms with van der Waals surface area (Å²) >= 11 is 0. The topological polar surface area (TPSA) is 62.9 Å². The van der Waals surface area contributed by atoms with Gasteiger partial charge in [0.05, 0.1) is 6.04 Å². The van der Waals surface area contributed by atoms with Gasteiger partial charge in [-0.15, -0.1) is 0 Å². The van der Waals surface area contributed by atoms with Gasteiger partial charge in [0, 0.05) is 11.3 Å². The van der Waals surface area contributed by atoms with Gasteiger partial charge in [0.15, 0.2) is 5.78 Å². The second kappa shape index (κ2) is 5.54. The number of carbonyl (C=O) groups is 1. The van der Waals surface area contributed by atoms with E-state index in [-0.39, 0.29) is 11.3 Å². The molecule has 0 aliphatic heterocycles. The highest BCUT2D eigenvalue weighted by Gasteiger charge is 2.20. The number of hydrogen-bond acceptors (Lipinski definition) is 3. The molecule has 0 spiro atoms. The Kier molecular flexibility index (Phi) is 3.81. The van der Waals surface area contributed by atoms with Crippen molar-refractivity contribution in [3.63, 3.8) is 0 Å². The van der Waals surface area contributed by atoms with E-state index in [1.807, 2.05) is 12.1 Å². The van der Waals surface area contributed by atoms with Crippen LogP contribution in [0.3, 0.4) is 0 Å². The minimum atomic E-state index is -0.641. The molecular weight excluding hydrogens is 252 g/mol. The Hall–Kier alpha value is -2.67. The van der Waals surface area contributed by atoms with Crippen molar-refractivity contribution >= 4 is 5.78 Å². The van der Waals surface area contributed by atoms with Gasteiger partial charge < -0.3 is 4.57 Å². The van der Waals surface area contributed by atoms with E-state index in [0.29, 0.717) is 11.3 Å². The smallest absolute Gasteiger partial charge is 0.269 e. The predicted molar refractivity (Wildman–Crippen MR) is 75.6 cm³/mol. The Bertz CT molecular complexity index is 739. The van der Waals surface area contributed by atoms with Crippen LogP contribution in [-0.2, 0) is 0 Å². The Labute approximate surface area is 116 Å². The normalized spacial score (nSPS) is 11.7. The van der Waals surface area contributed by atoms with Gasteiger partial charge in [0.2, 0.25) is 0 Å². The lowest BCUT2D eigenvalue weighted by Crippen LogP contribution is -2.31. The molecule has 100 valence electrons. The summed E-state index contributed by atoms with van der Waals surface area (Å²) in [6, 6.07) is 13.2. The number of hydrogen-bond donors (Lipinski definition) is 0. The first-order chi connectivity index (χ1) is 9.56. The van der Waals surface area contributed by atoms with E-state index in [2.05, 4.69) is 0 Å². The van der Waals surface area contributed by atoms with E-state index in [9.17, 15) is 9.59 Å². The van der Waals surface area contributed by atoms with E-state index >= 15 is 0 Å². The Balaban J connectivity index is 2.50. The summed E-state index contributed by atoms with van der Waals surface area (Å²) in [5, 5.41) is 8.92. The second-order valence-corrected chi connectivity index (χ2v) is 4.58. The summed E-state index contributed by atoms with van der Waals surface area (Å²) in [7, 11) is 0. The van der Waals surface area contributed by atoms with E-state index in [0.717, 1.165) is 0 Å². The van der Waals surface area contributed by atoms with Gasteiger partial charge in [0.25, 0.3) is 5.56 Å². The SMILES string of the molecule is Cc1ccc(C#N)c(=O)n1C(C)C(=O)c1ccccc1. The number of aryl methyl sites for hydroxylation is 1. The third-order valence-corrected chi connectivity index (χ3v) is 3.27. The Morgan fingerprint density at radius 3 is 2.45 bits per heavy atom. The minimum Gasteiger partial charge on any atom is -0.301 e. The van der Waals surface area contributed by atoms with Crippen molar-refractivity contribution in [1.29, 1.82) is 5.26 Å². The zero-order valence-corrected chi connectivity index (χ0v) is 11.3. The molecule has 1 atom stereocenters. The van der Waals surface area contributed by atoms with E-state index < -0.39 is 11.6 Å². The summed E-state index contributed by atoms with van der Waals surface area (Å²) in [6.07, 6.45) is 0. The molecule has 2 rings (SSSR count). The minimum absolute atomic E-state index is 0.0447. The van der Waals surface area contributed by atoms with Crippen LogP contribution in [0.25, 0.3) is 0 Å². The summed E-state index contributed by atoms with van der Waals surface area (Å²) in [5.41, 5.74) is 0.826. The predicted octanol–water partition coefficient (Wildman–Crippen LogP) is 2.47. The lowest BCUT2D eigenvalue weighted by molar-refractivity contribution is 0.0931. The van der Waals surface area contributed by atoms with Gasteiger partial charge in [-0.3, -0.25) is 9.59 Å². The Morgan fingerprint density at radius 1 is 1.20 bits per heavy atom. The number of rotatable bonds is 3. The number of ketones is 1. The second-order valence-electron chi connectivity index (χ2n) is 4.58. The standard InChI is InChI=1S/C16H14N2O2/c1-11-8-9-14(10-17)16(20)18(11)12(2)15(19)13-6-4-3-5-7-13/h3-9,12H,1-2H3. The summed E-state index contributed by atoms with van der Waals surface area (Å²) in [5.74, 6) is -0.147. The zero-order valence-electron chi connectivity index (χ0n) is 11.3. The number of Topliss-reactive ketones (excluding diaryl/α,β-unsaturated/α-hetero) is 1. The van der Waals surface area contributed by atoms with Crippen LogP contribution in [0, 0.1) is 18.3 Å². The van der Waals surface area contributed by atoms with Gasteiger partial charge in [-0.1, -0.05) is 30.3 Å². The maximum absolute atomic E-state index is 12.4. The van der Waals surface area contributed by atoms with Gasteiger partial charge in [-0.2, -0.15) is 5.26 Å². The van der Waals surface area contributed by atoms with Crippen molar-refractivity contribution < 1.29 is 4.79 Å². The number of benzene rings is 1. The average Bonchev–Trinajstić information content (AvgIpc) is 2.47. The van der Waals surface area contributed by atoms with Crippen molar-refractivity contribution in [3.8, 4) is 6.07 Å². The largest absolute Gasteiger partial charge is 0.301 e. The highest BCUT2D eigenvalue weighted by atomic mass is 16.1. The van der Waals surface area contributed by atoms with Gasteiger partial charge in [0.1, 0.15) is 11.6 Å². The van der Waals surface area contributed by atoms with Crippen LogP contribution in [0.5, 0.6) is 0 Å². The molecule has 4 heteroatoms. The van der Waals surface area contributed by atoms with Gasteiger partial charge >= 0.3 is 0 Å². The molecule has 0 bridgehead atoms. The van der Waals surface area contributed by atoms with Crippen LogP contribution in [0.2, 0.25) is 0 Å². The first-order valence-corrected chi connectivity index (χ1v) is 6.27. The molecule has 0 amide bonds. The monoisotopic (exact) mass is 266 g/mol. The molecule has 1 unspecified atom stereocenters. The molecule has 0 N–H and O–H groups in total. The van der Waals surface area contributed by atoms with Crippen molar-refractivity contribution in [1.82, 2.24) is 4.57 Å². The molecule has 20 heavy (non-hydrogen) atoms. The fourth-order valence-corrected chi connectivity index (χ4v) is 2.17.